The maximum atomic E-state index is 10.6. The van der Waals surface area contributed by atoms with Crippen LogP contribution in [-0.2, 0) is 18.0 Å². The normalized spacial score (nSPS) is 10.5. The number of rotatable bonds is 7. The second kappa shape index (κ2) is 8.43. The summed E-state index contributed by atoms with van der Waals surface area (Å²) < 4.78 is 20.9. The molecular weight excluding hydrogens is 362 g/mol. The highest BCUT2D eigenvalue weighted by atomic mass is 16.6. The average molecular weight is 383 g/mol. The first kappa shape index (κ1) is 19.2. The minimum Gasteiger partial charge on any atom is -0.495 e. The van der Waals surface area contributed by atoms with Gasteiger partial charge in [-0.1, -0.05) is 5.16 Å². The molecule has 8 heteroatoms. The molecule has 1 aromatic carbocycles. The molecule has 0 atom stereocenters. The Bertz CT molecular complexity index is 943. The fourth-order valence-corrected chi connectivity index (χ4v) is 2.82. The lowest BCUT2D eigenvalue weighted by molar-refractivity contribution is 0.137. The van der Waals surface area contributed by atoms with Crippen LogP contribution >= 0.6 is 0 Å². The number of amides is 1. The second-order valence-electron chi connectivity index (χ2n) is 6.15. The first-order valence-electron chi connectivity index (χ1n) is 8.58. The highest BCUT2D eigenvalue weighted by molar-refractivity contribution is 5.64. The molecule has 0 bridgehead atoms. The number of carbonyl (C=O) groups excluding carboxylic acids is 1. The Labute approximate surface area is 162 Å². The maximum absolute atomic E-state index is 10.6. The van der Waals surface area contributed by atoms with E-state index in [1.54, 1.807) is 13.2 Å². The number of hydrogen-bond donors (Lipinski definition) is 1. The number of ether oxygens (including phenoxy) is 3. The molecule has 0 saturated heterocycles. The minimum absolute atomic E-state index is 0.0583. The van der Waals surface area contributed by atoms with E-state index < -0.39 is 6.09 Å². The van der Waals surface area contributed by atoms with Gasteiger partial charge in [0, 0.05) is 11.6 Å². The molecular formula is C20H21N3O5. The van der Waals surface area contributed by atoms with Gasteiger partial charge in [-0.05, 0) is 49.7 Å². The lowest BCUT2D eigenvalue weighted by Gasteiger charge is -2.11. The van der Waals surface area contributed by atoms with E-state index in [9.17, 15) is 4.79 Å². The van der Waals surface area contributed by atoms with Gasteiger partial charge < -0.3 is 24.5 Å². The summed E-state index contributed by atoms with van der Waals surface area (Å²) in [4.78, 5) is 15.1. The van der Waals surface area contributed by atoms with Crippen LogP contribution in [0.15, 0.2) is 40.9 Å². The van der Waals surface area contributed by atoms with Crippen LogP contribution in [0.2, 0.25) is 0 Å². The number of pyridine rings is 1. The van der Waals surface area contributed by atoms with Crippen LogP contribution in [0.25, 0.3) is 11.3 Å². The number of hydrogen-bond acceptors (Lipinski definition) is 7. The molecule has 0 spiro atoms. The van der Waals surface area contributed by atoms with Crippen molar-refractivity contribution in [3.05, 3.63) is 59.1 Å². The molecule has 0 unspecified atom stereocenters. The molecule has 0 aliphatic heterocycles. The summed E-state index contributed by atoms with van der Waals surface area (Å²) in [6, 6.07) is 11.0. The van der Waals surface area contributed by atoms with Gasteiger partial charge in [-0.3, -0.25) is 4.98 Å². The molecule has 0 radical (unpaired) electrons. The third-order valence-electron chi connectivity index (χ3n) is 4.04. The van der Waals surface area contributed by atoms with E-state index in [1.807, 2.05) is 44.2 Å². The van der Waals surface area contributed by atoms with Crippen molar-refractivity contribution in [2.24, 2.45) is 5.73 Å². The Kier molecular flexibility index (Phi) is 5.78. The summed E-state index contributed by atoms with van der Waals surface area (Å²) in [6.07, 6.45) is -0.865. The molecule has 3 aromatic rings. The largest absolute Gasteiger partial charge is 0.495 e. The van der Waals surface area contributed by atoms with Crippen molar-refractivity contribution in [1.29, 1.82) is 0 Å². The van der Waals surface area contributed by atoms with E-state index in [2.05, 4.69) is 14.9 Å². The Hall–Kier alpha value is -3.55. The molecule has 2 aromatic heterocycles. The monoisotopic (exact) mass is 383 g/mol. The zero-order valence-corrected chi connectivity index (χ0v) is 15.9. The Morgan fingerprint density at radius 2 is 1.89 bits per heavy atom. The van der Waals surface area contributed by atoms with Crippen molar-refractivity contribution in [3.8, 4) is 22.8 Å². The number of carbonyl (C=O) groups is 1. The smallest absolute Gasteiger partial charge is 0.404 e. The van der Waals surface area contributed by atoms with E-state index in [0.29, 0.717) is 23.8 Å². The van der Waals surface area contributed by atoms with Gasteiger partial charge in [0.15, 0.2) is 12.4 Å². The predicted octanol–water partition coefficient (Wildman–Crippen LogP) is 3.54. The molecule has 8 nitrogen and oxygen atoms in total. The lowest BCUT2D eigenvalue weighted by atomic mass is 10.1. The van der Waals surface area contributed by atoms with Gasteiger partial charge in [0.2, 0.25) is 0 Å². The SMILES string of the molecule is COc1c(C)cc(COc2ccc(-c3cc(COC(N)=O)on3)cc2)nc1C. The topological polar surface area (TPSA) is 110 Å². The zero-order chi connectivity index (χ0) is 20.1. The second-order valence-corrected chi connectivity index (χ2v) is 6.15. The number of primary amides is 1. The van der Waals surface area contributed by atoms with Crippen LogP contribution in [0.1, 0.15) is 22.7 Å². The summed E-state index contributed by atoms with van der Waals surface area (Å²) >= 11 is 0. The van der Waals surface area contributed by atoms with E-state index in [-0.39, 0.29) is 6.61 Å². The molecule has 0 aliphatic rings. The van der Waals surface area contributed by atoms with E-state index >= 15 is 0 Å². The molecule has 28 heavy (non-hydrogen) atoms. The summed E-state index contributed by atoms with van der Waals surface area (Å²) in [7, 11) is 1.64. The van der Waals surface area contributed by atoms with Gasteiger partial charge in [0.05, 0.1) is 18.5 Å². The van der Waals surface area contributed by atoms with Gasteiger partial charge in [-0.2, -0.15) is 0 Å². The van der Waals surface area contributed by atoms with Crippen molar-refractivity contribution in [3.63, 3.8) is 0 Å². The average Bonchev–Trinajstić information content (AvgIpc) is 3.14. The first-order valence-corrected chi connectivity index (χ1v) is 8.58. The van der Waals surface area contributed by atoms with Crippen LogP contribution in [0.5, 0.6) is 11.5 Å². The third kappa shape index (κ3) is 4.59. The van der Waals surface area contributed by atoms with E-state index in [4.69, 9.17) is 19.7 Å². The number of nitrogens with two attached hydrogens (primary N) is 1. The maximum Gasteiger partial charge on any atom is 0.404 e. The van der Waals surface area contributed by atoms with Crippen LogP contribution in [0, 0.1) is 13.8 Å². The fraction of sp³-hybridized carbons (Fsp3) is 0.250. The van der Waals surface area contributed by atoms with Crippen molar-refractivity contribution in [1.82, 2.24) is 10.1 Å². The lowest BCUT2D eigenvalue weighted by Crippen LogP contribution is -2.12. The summed E-state index contributed by atoms with van der Waals surface area (Å²) in [5.41, 5.74) is 9.08. The molecule has 1 amide bonds. The molecule has 3 rings (SSSR count). The van der Waals surface area contributed by atoms with Gasteiger partial charge in [0.1, 0.15) is 23.8 Å². The van der Waals surface area contributed by atoms with Crippen molar-refractivity contribution >= 4 is 6.09 Å². The quantitative estimate of drug-likeness (QED) is 0.664. The third-order valence-corrected chi connectivity index (χ3v) is 4.04. The standard InChI is InChI=1S/C20H21N3O5/c1-12-8-15(22-13(2)19(12)25-3)10-26-16-6-4-14(5-7-16)18-9-17(28-23-18)11-27-20(21)24/h4-9H,10-11H2,1-3H3,(H2,21,24). The Balaban J connectivity index is 1.63. The van der Waals surface area contributed by atoms with Gasteiger partial charge >= 0.3 is 6.09 Å². The highest BCUT2D eigenvalue weighted by Crippen LogP contribution is 2.24. The summed E-state index contributed by atoms with van der Waals surface area (Å²) in [5, 5.41) is 3.95. The Morgan fingerprint density at radius 1 is 1.14 bits per heavy atom. The number of nitrogens with zero attached hydrogens (tertiary/aromatic N) is 2. The predicted molar refractivity (Wildman–Crippen MR) is 101 cm³/mol. The Morgan fingerprint density at radius 3 is 2.54 bits per heavy atom. The van der Waals surface area contributed by atoms with Crippen LogP contribution in [-0.4, -0.2) is 23.3 Å². The molecule has 2 heterocycles. The summed E-state index contributed by atoms with van der Waals surface area (Å²) in [5.74, 6) is 1.91. The molecule has 0 fully saturated rings. The molecule has 146 valence electrons. The number of methoxy groups -OCH3 is 1. The number of benzene rings is 1. The first-order chi connectivity index (χ1) is 13.5. The number of aryl methyl sites for hydroxylation is 2. The highest BCUT2D eigenvalue weighted by Gasteiger charge is 2.10. The summed E-state index contributed by atoms with van der Waals surface area (Å²) in [6.45, 7) is 4.18. The van der Waals surface area contributed by atoms with Gasteiger partial charge in [-0.15, -0.1) is 0 Å². The number of aromatic nitrogens is 2. The van der Waals surface area contributed by atoms with E-state index in [1.165, 1.54) is 0 Å². The fourth-order valence-electron chi connectivity index (χ4n) is 2.82. The molecule has 0 aliphatic carbocycles. The van der Waals surface area contributed by atoms with Crippen LogP contribution in [0.3, 0.4) is 0 Å². The van der Waals surface area contributed by atoms with Gasteiger partial charge in [-0.25, -0.2) is 4.79 Å². The van der Waals surface area contributed by atoms with Gasteiger partial charge in [0.25, 0.3) is 0 Å². The van der Waals surface area contributed by atoms with Crippen LogP contribution < -0.4 is 15.2 Å². The minimum atomic E-state index is -0.865. The van der Waals surface area contributed by atoms with Crippen molar-refractivity contribution in [2.75, 3.05) is 7.11 Å². The zero-order valence-electron chi connectivity index (χ0n) is 15.9. The van der Waals surface area contributed by atoms with Crippen molar-refractivity contribution in [2.45, 2.75) is 27.1 Å². The van der Waals surface area contributed by atoms with Crippen LogP contribution in [0.4, 0.5) is 4.79 Å². The molecule has 0 saturated carbocycles. The van der Waals surface area contributed by atoms with Crippen molar-refractivity contribution < 1.29 is 23.5 Å². The van der Waals surface area contributed by atoms with E-state index in [0.717, 1.165) is 28.3 Å². The molecule has 2 N–H and O–H groups in total.